The summed E-state index contributed by atoms with van der Waals surface area (Å²) in [7, 11) is 0. The molecule has 1 amide bonds. The Morgan fingerprint density at radius 2 is 2.22 bits per heavy atom. The Morgan fingerprint density at radius 1 is 1.43 bits per heavy atom. The molecule has 3 heterocycles. The second kappa shape index (κ2) is 4.55. The Hall–Kier alpha value is -2.41. The number of thiophene rings is 1. The molecular weight excluding hydrogens is 310 g/mol. The molecule has 0 aliphatic heterocycles. The molecule has 1 aliphatic carbocycles. The molecule has 0 bridgehead atoms. The number of carbonyl (C=O) groups excluding carboxylic acids is 1. The number of amides is 1. The monoisotopic (exact) mass is 327 g/mol. The van der Waals surface area contributed by atoms with Crippen molar-refractivity contribution in [2.45, 2.75) is 32.1 Å². The van der Waals surface area contributed by atoms with Crippen LogP contribution in [0.4, 0.5) is 5.69 Å². The summed E-state index contributed by atoms with van der Waals surface area (Å²) in [6.45, 7) is 4.39. The molecular formula is C16H17N5OS. The van der Waals surface area contributed by atoms with Gasteiger partial charge in [0, 0.05) is 28.1 Å². The van der Waals surface area contributed by atoms with Gasteiger partial charge in [-0.05, 0) is 18.4 Å². The summed E-state index contributed by atoms with van der Waals surface area (Å²) in [5.41, 5.74) is 16.4. The van der Waals surface area contributed by atoms with Crippen molar-refractivity contribution in [1.82, 2.24) is 15.2 Å². The van der Waals surface area contributed by atoms with Crippen LogP contribution in [-0.2, 0) is 11.8 Å². The maximum atomic E-state index is 11.7. The van der Waals surface area contributed by atoms with Gasteiger partial charge in [-0.3, -0.25) is 9.89 Å². The summed E-state index contributed by atoms with van der Waals surface area (Å²) < 4.78 is 0. The number of rotatable bonds is 2. The molecule has 7 heteroatoms. The molecule has 6 nitrogen and oxygen atoms in total. The lowest BCUT2D eigenvalue weighted by molar-refractivity contribution is 0.100. The standard InChI is InChI=1S/C16H17N5OS/c1-16(2)4-3-8-9(7-5-19-20-6-7)10-11(17)12(14(18)22)23-15(10)21-13(8)16/h5-6H,3-4,17H2,1-2H3,(H2,18,22)(H,19,20). The number of hydrogen-bond acceptors (Lipinski definition) is 5. The zero-order valence-corrected chi connectivity index (χ0v) is 13.8. The van der Waals surface area contributed by atoms with Gasteiger partial charge in [-0.2, -0.15) is 5.10 Å². The number of nitrogens with two attached hydrogens (primary N) is 2. The first-order chi connectivity index (χ1) is 10.9. The van der Waals surface area contributed by atoms with Crippen molar-refractivity contribution in [3.8, 4) is 11.1 Å². The largest absolute Gasteiger partial charge is 0.397 e. The van der Waals surface area contributed by atoms with Crippen molar-refractivity contribution in [2.75, 3.05) is 5.73 Å². The molecule has 5 N–H and O–H groups in total. The minimum Gasteiger partial charge on any atom is -0.397 e. The zero-order valence-electron chi connectivity index (χ0n) is 12.9. The van der Waals surface area contributed by atoms with E-state index >= 15 is 0 Å². The summed E-state index contributed by atoms with van der Waals surface area (Å²) in [6.07, 6.45) is 5.61. The van der Waals surface area contributed by atoms with Crippen molar-refractivity contribution in [1.29, 1.82) is 0 Å². The van der Waals surface area contributed by atoms with E-state index < -0.39 is 5.91 Å². The van der Waals surface area contributed by atoms with Crippen LogP contribution in [0.3, 0.4) is 0 Å². The number of aromatic amines is 1. The third-order valence-corrected chi connectivity index (χ3v) is 5.74. The van der Waals surface area contributed by atoms with Crippen LogP contribution in [0.2, 0.25) is 0 Å². The number of aromatic nitrogens is 3. The minimum atomic E-state index is -0.511. The molecule has 0 atom stereocenters. The van der Waals surface area contributed by atoms with Crippen LogP contribution in [-0.4, -0.2) is 21.1 Å². The quantitative estimate of drug-likeness (QED) is 0.671. The van der Waals surface area contributed by atoms with Gasteiger partial charge in [0.2, 0.25) is 0 Å². The molecule has 1 aliphatic rings. The van der Waals surface area contributed by atoms with Crippen LogP contribution in [0.25, 0.3) is 21.3 Å². The molecule has 4 rings (SSSR count). The van der Waals surface area contributed by atoms with E-state index in [1.165, 1.54) is 16.9 Å². The SMILES string of the molecule is CC1(C)CCc2c1nc1sc(C(N)=O)c(N)c1c2-c1cn[nH]c1. The number of fused-ring (bicyclic) bond motifs is 2. The molecule has 0 radical (unpaired) electrons. The van der Waals surface area contributed by atoms with E-state index in [4.69, 9.17) is 16.5 Å². The van der Waals surface area contributed by atoms with E-state index in [-0.39, 0.29) is 5.41 Å². The number of nitrogen functional groups attached to an aromatic ring is 1. The molecule has 0 fully saturated rings. The topological polar surface area (TPSA) is 111 Å². The van der Waals surface area contributed by atoms with Gasteiger partial charge in [0.25, 0.3) is 5.91 Å². The molecule has 23 heavy (non-hydrogen) atoms. The Balaban J connectivity index is 2.17. The molecule has 0 unspecified atom stereocenters. The van der Waals surface area contributed by atoms with Gasteiger partial charge in [0.05, 0.1) is 17.6 Å². The smallest absolute Gasteiger partial charge is 0.260 e. The molecule has 0 saturated carbocycles. The summed E-state index contributed by atoms with van der Waals surface area (Å²) in [5, 5.41) is 7.74. The number of pyridine rings is 1. The molecule has 0 spiro atoms. The van der Waals surface area contributed by atoms with Gasteiger partial charge in [0.15, 0.2) is 0 Å². The fourth-order valence-corrected chi connectivity index (χ4v) is 4.40. The number of H-pyrrole nitrogens is 1. The fraction of sp³-hybridized carbons (Fsp3) is 0.312. The van der Waals surface area contributed by atoms with Crippen LogP contribution in [0, 0.1) is 0 Å². The first-order valence-electron chi connectivity index (χ1n) is 7.44. The number of carbonyl (C=O) groups is 1. The highest BCUT2D eigenvalue weighted by atomic mass is 32.1. The maximum absolute atomic E-state index is 11.7. The number of nitrogens with zero attached hydrogens (tertiary/aromatic N) is 2. The summed E-state index contributed by atoms with van der Waals surface area (Å²) >= 11 is 1.27. The van der Waals surface area contributed by atoms with Crippen molar-refractivity contribution in [3.63, 3.8) is 0 Å². The highest BCUT2D eigenvalue weighted by molar-refractivity contribution is 7.21. The van der Waals surface area contributed by atoms with Crippen LogP contribution in [0.15, 0.2) is 12.4 Å². The first kappa shape index (κ1) is 14.2. The molecule has 3 aromatic rings. The average molecular weight is 327 g/mol. The molecule has 3 aromatic heterocycles. The predicted octanol–water partition coefficient (Wildman–Crippen LogP) is 2.59. The van der Waals surface area contributed by atoms with Crippen LogP contribution in [0.5, 0.6) is 0 Å². The highest BCUT2D eigenvalue weighted by Gasteiger charge is 2.36. The van der Waals surface area contributed by atoms with Crippen molar-refractivity contribution >= 4 is 33.1 Å². The minimum absolute atomic E-state index is 0.00759. The number of hydrogen-bond donors (Lipinski definition) is 3. The Bertz CT molecular complexity index is 939. The lowest BCUT2D eigenvalue weighted by atomic mass is 9.89. The van der Waals surface area contributed by atoms with E-state index in [2.05, 4.69) is 24.0 Å². The number of primary amides is 1. The normalized spacial score (nSPS) is 15.9. The second-order valence-electron chi connectivity index (χ2n) is 6.57. The zero-order chi connectivity index (χ0) is 16.4. The van der Waals surface area contributed by atoms with E-state index in [0.29, 0.717) is 10.6 Å². The summed E-state index contributed by atoms with van der Waals surface area (Å²) in [4.78, 5) is 17.7. The number of anilines is 1. The molecule has 118 valence electrons. The van der Waals surface area contributed by atoms with Gasteiger partial charge in [-0.1, -0.05) is 13.8 Å². The average Bonchev–Trinajstić information content (AvgIpc) is 3.18. The lowest BCUT2D eigenvalue weighted by Gasteiger charge is -2.18. The van der Waals surface area contributed by atoms with E-state index in [1.807, 2.05) is 6.20 Å². The molecule has 0 saturated heterocycles. The van der Waals surface area contributed by atoms with Crippen molar-refractivity contribution < 1.29 is 4.79 Å². The third kappa shape index (κ3) is 1.89. The Kier molecular flexibility index (Phi) is 2.81. The van der Waals surface area contributed by atoms with Crippen LogP contribution >= 0.6 is 11.3 Å². The van der Waals surface area contributed by atoms with Gasteiger partial charge >= 0.3 is 0 Å². The van der Waals surface area contributed by atoms with Gasteiger partial charge in [-0.15, -0.1) is 11.3 Å². The fourth-order valence-electron chi connectivity index (χ4n) is 3.44. The maximum Gasteiger partial charge on any atom is 0.260 e. The van der Waals surface area contributed by atoms with Crippen LogP contribution < -0.4 is 11.5 Å². The van der Waals surface area contributed by atoms with Gasteiger partial charge < -0.3 is 11.5 Å². The lowest BCUT2D eigenvalue weighted by Crippen LogP contribution is -2.14. The number of nitrogens with one attached hydrogen (secondary N) is 1. The third-order valence-electron chi connectivity index (χ3n) is 4.63. The molecule has 0 aromatic carbocycles. The summed E-state index contributed by atoms with van der Waals surface area (Å²) in [6, 6.07) is 0. The Labute approximate surface area is 136 Å². The van der Waals surface area contributed by atoms with Crippen LogP contribution in [0.1, 0.15) is 41.2 Å². The van der Waals surface area contributed by atoms with Crippen molar-refractivity contribution in [2.24, 2.45) is 5.73 Å². The van der Waals surface area contributed by atoms with E-state index in [0.717, 1.165) is 39.9 Å². The van der Waals surface area contributed by atoms with E-state index in [9.17, 15) is 4.79 Å². The Morgan fingerprint density at radius 3 is 2.87 bits per heavy atom. The van der Waals surface area contributed by atoms with Gasteiger partial charge in [0.1, 0.15) is 9.71 Å². The summed E-state index contributed by atoms with van der Waals surface area (Å²) in [5.74, 6) is -0.511. The first-order valence-corrected chi connectivity index (χ1v) is 8.26. The predicted molar refractivity (Wildman–Crippen MR) is 91.5 cm³/mol. The highest BCUT2D eigenvalue weighted by Crippen LogP contribution is 2.48. The second-order valence-corrected chi connectivity index (χ2v) is 7.57. The van der Waals surface area contributed by atoms with Gasteiger partial charge in [-0.25, -0.2) is 4.98 Å². The van der Waals surface area contributed by atoms with E-state index in [1.54, 1.807) is 6.20 Å². The van der Waals surface area contributed by atoms with Crippen molar-refractivity contribution in [3.05, 3.63) is 28.5 Å².